The van der Waals surface area contributed by atoms with Crippen LogP contribution in [0, 0.1) is 12.3 Å². The van der Waals surface area contributed by atoms with Gasteiger partial charge in [-0.1, -0.05) is 81.8 Å². The fourth-order valence-electron chi connectivity index (χ4n) is 9.97. The van der Waals surface area contributed by atoms with Crippen molar-refractivity contribution >= 4 is 52.5 Å². The summed E-state index contributed by atoms with van der Waals surface area (Å²) in [4.78, 5) is 89.1. The molecule has 8 atom stereocenters. The van der Waals surface area contributed by atoms with Gasteiger partial charge < -0.3 is 42.2 Å². The number of β-amino-alcohol motifs (C(OH)–C–C–N with tert-alkyl or cyclic N) is 1. The number of nitrogens with zero attached hydrogens (tertiary/aromatic N) is 3. The van der Waals surface area contributed by atoms with Crippen molar-refractivity contribution in [1.29, 1.82) is 0 Å². The number of unbranched alkanes of at least 4 members (excludes halogenated alkanes) is 2. The number of amides is 6. The molecule has 3 aromatic carbocycles. The third-order valence-electron chi connectivity index (χ3n) is 14.0. The number of para-hydroxylation sites is 1. The maximum atomic E-state index is 14.2. The number of thiazole rings is 1. The summed E-state index contributed by atoms with van der Waals surface area (Å²) >= 11 is 1.57. The summed E-state index contributed by atoms with van der Waals surface area (Å²) in [5.74, 6) is -1.59. The number of carbonyl (C=O) groups is 6. The topological polar surface area (TPSA) is 239 Å². The van der Waals surface area contributed by atoms with Crippen molar-refractivity contribution in [1.82, 2.24) is 25.8 Å². The molecule has 380 valence electrons. The number of anilines is 1. The zero-order chi connectivity index (χ0) is 51.1. The number of benzene rings is 3. The molecule has 8 N–H and O–H groups in total. The van der Waals surface area contributed by atoms with Crippen molar-refractivity contribution in [3.05, 3.63) is 100 Å². The van der Waals surface area contributed by atoms with Crippen LogP contribution in [0.2, 0.25) is 0 Å². The Morgan fingerprint density at radius 1 is 0.915 bits per heavy atom. The Hall–Kier alpha value is -6.17. The maximum absolute atomic E-state index is 14.2. The monoisotopic (exact) mass is 991 g/mol. The molecule has 1 saturated heterocycles. The summed E-state index contributed by atoms with van der Waals surface area (Å²) in [6, 6.07) is 17.2. The quantitative estimate of drug-likeness (QED) is 0.0622. The Labute approximate surface area is 420 Å². The highest BCUT2D eigenvalue weighted by molar-refractivity contribution is 7.13. The van der Waals surface area contributed by atoms with Gasteiger partial charge in [0, 0.05) is 32.2 Å². The summed E-state index contributed by atoms with van der Waals surface area (Å²) in [7, 11) is 0. The molecular weight excluding hydrogens is 921 g/mol. The fraction of sp³-hybridized carbons (Fsp3) is 0.500. The van der Waals surface area contributed by atoms with Gasteiger partial charge in [0.25, 0.3) is 0 Å². The number of primary amides is 1. The van der Waals surface area contributed by atoms with Gasteiger partial charge in [-0.15, -0.1) is 11.3 Å². The first-order valence-corrected chi connectivity index (χ1v) is 25.8. The van der Waals surface area contributed by atoms with E-state index in [-0.39, 0.29) is 61.9 Å². The Bertz CT molecular complexity index is 2580. The molecule has 0 radical (unpaired) electrons. The largest absolute Gasteiger partial charge is 0.489 e. The average molecular weight is 991 g/mol. The number of rotatable bonds is 20. The Kier molecular flexibility index (Phi) is 17.0. The van der Waals surface area contributed by atoms with Crippen molar-refractivity contribution in [2.75, 3.05) is 11.4 Å². The zero-order valence-corrected chi connectivity index (χ0v) is 42.6. The lowest BCUT2D eigenvalue weighted by Gasteiger charge is -2.35. The van der Waals surface area contributed by atoms with Crippen LogP contribution in [-0.4, -0.2) is 99.4 Å². The van der Waals surface area contributed by atoms with E-state index in [1.165, 1.54) is 4.90 Å². The van der Waals surface area contributed by atoms with Crippen molar-refractivity contribution in [2.24, 2.45) is 16.9 Å². The molecule has 3 aliphatic heterocycles. The van der Waals surface area contributed by atoms with E-state index in [4.69, 9.17) is 16.2 Å². The van der Waals surface area contributed by atoms with E-state index in [2.05, 4.69) is 20.9 Å². The fourth-order valence-corrected chi connectivity index (χ4v) is 10.8. The van der Waals surface area contributed by atoms with Gasteiger partial charge in [-0.25, -0.2) is 4.98 Å². The molecule has 4 heterocycles. The Morgan fingerprint density at radius 2 is 1.63 bits per heavy atom. The van der Waals surface area contributed by atoms with Gasteiger partial charge in [-0.05, 0) is 105 Å². The number of hydrogen-bond acceptors (Lipinski definition) is 11. The molecule has 4 aromatic rings. The number of ether oxygens (including phenoxy) is 1. The van der Waals surface area contributed by atoms with Gasteiger partial charge in [0.05, 0.1) is 46.0 Å². The van der Waals surface area contributed by atoms with Crippen LogP contribution in [0.4, 0.5) is 5.69 Å². The third kappa shape index (κ3) is 12.8. The lowest BCUT2D eigenvalue weighted by Crippen LogP contribution is -2.57. The van der Waals surface area contributed by atoms with Gasteiger partial charge >= 0.3 is 0 Å². The van der Waals surface area contributed by atoms with Gasteiger partial charge in [0.15, 0.2) is 0 Å². The summed E-state index contributed by atoms with van der Waals surface area (Å²) in [5, 5.41) is 19.8. The second-order valence-corrected chi connectivity index (χ2v) is 21.4. The molecule has 16 nitrogen and oxygen atoms in total. The van der Waals surface area contributed by atoms with Crippen LogP contribution in [0.25, 0.3) is 10.4 Å². The SMILES string of the molecule is Cc1ncsc1-c1ccc([C@H](C)NC(=O)[C@@H]2C[C@@H](O)CN2C(=O)[C@@H](NC(=O)CCCCCc2cccc(O[C@H](C)[C@H](CCC(N)=O)NC(=O)[C@@H]3Cc4cccc5c4N3C(=O)[C@@H](N)CC5)c2)C(C)(C)C)cc1. The number of hydrogen-bond donors (Lipinski definition) is 6. The molecule has 1 aromatic heterocycles. The molecule has 3 aliphatic rings. The van der Waals surface area contributed by atoms with Crippen LogP contribution < -0.4 is 37.1 Å². The highest BCUT2D eigenvalue weighted by Gasteiger charge is 2.46. The molecule has 0 bridgehead atoms. The van der Waals surface area contributed by atoms with E-state index in [1.807, 2.05) is 114 Å². The van der Waals surface area contributed by atoms with Crippen LogP contribution in [0.15, 0.2) is 72.2 Å². The van der Waals surface area contributed by atoms with E-state index >= 15 is 0 Å². The molecule has 0 unspecified atom stereocenters. The maximum Gasteiger partial charge on any atom is 0.246 e. The molecule has 17 heteroatoms. The van der Waals surface area contributed by atoms with Crippen LogP contribution in [-0.2, 0) is 48.0 Å². The van der Waals surface area contributed by atoms with Crippen molar-refractivity contribution < 1.29 is 38.6 Å². The van der Waals surface area contributed by atoms with Crippen molar-refractivity contribution in [3.8, 4) is 16.2 Å². The normalized spacial score (nSPS) is 20.3. The van der Waals surface area contributed by atoms with Crippen molar-refractivity contribution in [3.63, 3.8) is 0 Å². The number of aryl methyl sites for hydroxylation is 3. The minimum atomic E-state index is -0.921. The molecule has 0 aliphatic carbocycles. The Balaban J connectivity index is 0.885. The van der Waals surface area contributed by atoms with E-state index in [1.54, 1.807) is 16.2 Å². The first-order valence-electron chi connectivity index (χ1n) is 24.9. The van der Waals surface area contributed by atoms with Crippen LogP contribution in [0.3, 0.4) is 0 Å². The lowest BCUT2D eigenvalue weighted by atomic mass is 9.85. The first-order chi connectivity index (χ1) is 33.8. The van der Waals surface area contributed by atoms with Crippen LogP contribution >= 0.6 is 11.3 Å². The summed E-state index contributed by atoms with van der Waals surface area (Å²) in [6.45, 7) is 11.3. The van der Waals surface area contributed by atoms with E-state index in [0.717, 1.165) is 56.9 Å². The minimum absolute atomic E-state index is 0.0110. The van der Waals surface area contributed by atoms with E-state index in [0.29, 0.717) is 37.9 Å². The second-order valence-electron chi connectivity index (χ2n) is 20.5. The lowest BCUT2D eigenvalue weighted by molar-refractivity contribution is -0.144. The van der Waals surface area contributed by atoms with Crippen LogP contribution in [0.5, 0.6) is 5.75 Å². The number of likely N-dealkylation sites (tertiary alicyclic amines) is 1. The predicted octanol–water partition coefficient (Wildman–Crippen LogP) is 5.34. The Morgan fingerprint density at radius 3 is 2.34 bits per heavy atom. The van der Waals surface area contributed by atoms with Gasteiger partial charge in [-0.2, -0.15) is 0 Å². The number of aliphatic hydroxyl groups is 1. The smallest absolute Gasteiger partial charge is 0.246 e. The van der Waals surface area contributed by atoms with Crippen molar-refractivity contribution in [2.45, 2.75) is 161 Å². The minimum Gasteiger partial charge on any atom is -0.489 e. The molecular formula is C54H70N8O8S. The molecule has 0 saturated carbocycles. The van der Waals surface area contributed by atoms with E-state index < -0.39 is 59.6 Å². The number of carbonyl (C=O) groups excluding carboxylic acids is 6. The first kappa shape index (κ1) is 52.6. The summed E-state index contributed by atoms with van der Waals surface area (Å²) in [6.07, 6.45) is 3.45. The number of nitrogens with two attached hydrogens (primary N) is 2. The van der Waals surface area contributed by atoms with Gasteiger partial charge in [0.1, 0.15) is 30.0 Å². The highest BCUT2D eigenvalue weighted by atomic mass is 32.1. The number of aliphatic hydroxyl groups excluding tert-OH is 1. The second kappa shape index (κ2) is 22.9. The third-order valence-corrected chi connectivity index (χ3v) is 15.0. The van der Waals surface area contributed by atoms with Gasteiger partial charge in [-0.3, -0.25) is 33.7 Å². The molecule has 71 heavy (non-hydrogen) atoms. The predicted molar refractivity (Wildman–Crippen MR) is 273 cm³/mol. The van der Waals surface area contributed by atoms with Gasteiger partial charge in [0.2, 0.25) is 35.4 Å². The van der Waals surface area contributed by atoms with E-state index in [9.17, 15) is 33.9 Å². The molecule has 6 amide bonds. The summed E-state index contributed by atoms with van der Waals surface area (Å²) < 4.78 is 6.38. The molecule has 7 rings (SSSR count). The van der Waals surface area contributed by atoms with Crippen LogP contribution in [0.1, 0.15) is 120 Å². The average Bonchev–Trinajstić information content (AvgIpc) is 4.04. The standard InChI is InChI=1S/C54H70N8O8S/c1-31(35-18-20-37(21-19-35)48-32(2)57-30-71-48)58-50(66)43-28-39(63)29-61(43)53(69)49(54(4,5)6)60-46(65)17-9-7-8-12-34-13-10-16-40(26-34)70-33(3)42(24-25-45(56)64)59-51(67)44-27-38-15-11-14-36-22-23-41(55)52(68)62(44)47(36)38/h10-11,13-16,18-21,26,30-31,33,39,41-44,49,63H,7-9,12,17,22-25,27-29,55H2,1-6H3,(H2,56,64)(H,58,66)(H,59,67)(H,60,65)/t31-,33+,39+,41-,42-,43-,44-,49+/m0/s1. The zero-order valence-electron chi connectivity index (χ0n) is 41.7. The summed E-state index contributed by atoms with van der Waals surface area (Å²) in [5.41, 5.74) is 19.5. The molecule has 0 spiro atoms. The number of nitrogens with one attached hydrogen (secondary N) is 3. The molecule has 1 fully saturated rings. The highest BCUT2D eigenvalue weighted by Crippen LogP contribution is 2.39. The number of aromatic nitrogens is 1.